The first-order valence-electron chi connectivity index (χ1n) is 7.87. The molecule has 3 rings (SSSR count). The highest BCUT2D eigenvalue weighted by atomic mass is 16.3. The summed E-state index contributed by atoms with van der Waals surface area (Å²) in [4.78, 5) is 0. The molecule has 2 aromatic rings. The quantitative estimate of drug-likeness (QED) is 0.807. The Kier molecular flexibility index (Phi) is 3.62. The first-order valence-corrected chi connectivity index (χ1v) is 7.87. The van der Waals surface area contributed by atoms with E-state index in [2.05, 4.69) is 62.4 Å². The monoisotopic (exact) mass is 280 g/mol. The van der Waals surface area contributed by atoms with Gasteiger partial charge in [0.25, 0.3) is 0 Å². The molecule has 2 aromatic carbocycles. The molecule has 1 heteroatoms. The second kappa shape index (κ2) is 5.31. The molecule has 1 aliphatic carbocycles. The fourth-order valence-corrected chi connectivity index (χ4v) is 3.23. The van der Waals surface area contributed by atoms with Crippen molar-refractivity contribution in [2.24, 2.45) is 5.41 Å². The molecule has 0 saturated heterocycles. The van der Waals surface area contributed by atoms with Crippen molar-refractivity contribution in [3.8, 4) is 11.1 Å². The van der Waals surface area contributed by atoms with Gasteiger partial charge in [-0.05, 0) is 47.8 Å². The molecule has 21 heavy (non-hydrogen) atoms. The summed E-state index contributed by atoms with van der Waals surface area (Å²) in [6.07, 6.45) is 3.91. The minimum absolute atomic E-state index is 0.371. The van der Waals surface area contributed by atoms with Crippen LogP contribution in [0.25, 0.3) is 11.1 Å². The summed E-state index contributed by atoms with van der Waals surface area (Å²) in [5, 5.41) is 10.9. The van der Waals surface area contributed by atoms with E-state index in [4.69, 9.17) is 0 Å². The lowest BCUT2D eigenvalue weighted by atomic mass is 9.69. The van der Waals surface area contributed by atoms with E-state index in [9.17, 15) is 5.11 Å². The summed E-state index contributed by atoms with van der Waals surface area (Å²) in [7, 11) is 0. The average Bonchev–Trinajstić information content (AvgIpc) is 2.52. The van der Waals surface area contributed by atoms with Gasteiger partial charge in [0.05, 0.1) is 5.60 Å². The molecule has 0 radical (unpaired) electrons. The van der Waals surface area contributed by atoms with Crippen molar-refractivity contribution in [3.05, 3.63) is 60.2 Å². The Bertz CT molecular complexity index is 585. The Morgan fingerprint density at radius 1 is 0.714 bits per heavy atom. The number of aliphatic hydroxyl groups is 1. The van der Waals surface area contributed by atoms with Gasteiger partial charge in [0.15, 0.2) is 0 Å². The van der Waals surface area contributed by atoms with E-state index in [-0.39, 0.29) is 0 Å². The predicted molar refractivity (Wildman–Crippen MR) is 88.0 cm³/mol. The first-order chi connectivity index (χ1) is 9.99. The van der Waals surface area contributed by atoms with Gasteiger partial charge in [-0.1, -0.05) is 68.4 Å². The Balaban J connectivity index is 1.81. The number of rotatable bonds is 2. The smallest absolute Gasteiger partial charge is 0.0897 e. The molecular formula is C20H24O. The molecule has 0 heterocycles. The normalized spacial score (nSPS) is 20.1. The fraction of sp³-hybridized carbons (Fsp3) is 0.400. The molecule has 110 valence electrons. The lowest BCUT2D eigenvalue weighted by Gasteiger charge is -2.40. The standard InChI is InChI=1S/C20H24O/c1-19(2)12-14-20(21,15-13-19)18-10-8-17(9-11-18)16-6-4-3-5-7-16/h3-11,21H,12-15H2,1-2H3. The van der Waals surface area contributed by atoms with E-state index in [0.717, 1.165) is 31.2 Å². The highest BCUT2D eigenvalue weighted by molar-refractivity contribution is 5.63. The van der Waals surface area contributed by atoms with Crippen molar-refractivity contribution < 1.29 is 5.11 Å². The molecule has 0 amide bonds. The van der Waals surface area contributed by atoms with Crippen LogP contribution in [-0.2, 0) is 5.60 Å². The molecule has 1 nitrogen and oxygen atoms in total. The molecule has 1 N–H and O–H groups in total. The van der Waals surface area contributed by atoms with Crippen LogP contribution in [-0.4, -0.2) is 5.11 Å². The molecule has 1 saturated carbocycles. The summed E-state index contributed by atoms with van der Waals surface area (Å²) in [5.41, 5.74) is 3.23. The lowest BCUT2D eigenvalue weighted by Crippen LogP contribution is -2.34. The maximum atomic E-state index is 10.9. The van der Waals surface area contributed by atoms with Gasteiger partial charge >= 0.3 is 0 Å². The highest BCUT2D eigenvalue weighted by Gasteiger charge is 2.37. The third-order valence-corrected chi connectivity index (χ3v) is 4.96. The van der Waals surface area contributed by atoms with Crippen LogP contribution in [0, 0.1) is 5.41 Å². The van der Waals surface area contributed by atoms with Crippen LogP contribution in [0.5, 0.6) is 0 Å². The molecular weight excluding hydrogens is 256 g/mol. The van der Waals surface area contributed by atoms with Crippen LogP contribution in [0.3, 0.4) is 0 Å². The Hall–Kier alpha value is -1.60. The average molecular weight is 280 g/mol. The number of hydrogen-bond donors (Lipinski definition) is 1. The third kappa shape index (κ3) is 3.03. The maximum Gasteiger partial charge on any atom is 0.0897 e. The maximum absolute atomic E-state index is 10.9. The zero-order valence-corrected chi connectivity index (χ0v) is 13.0. The first kappa shape index (κ1) is 14.3. The summed E-state index contributed by atoms with van der Waals surface area (Å²) in [6.45, 7) is 4.59. The van der Waals surface area contributed by atoms with Crippen molar-refractivity contribution >= 4 is 0 Å². The largest absolute Gasteiger partial charge is 0.385 e. The molecule has 1 aliphatic rings. The van der Waals surface area contributed by atoms with Gasteiger partial charge in [-0.15, -0.1) is 0 Å². The van der Waals surface area contributed by atoms with Gasteiger partial charge in [0, 0.05) is 0 Å². The zero-order valence-electron chi connectivity index (χ0n) is 13.0. The second-order valence-corrected chi connectivity index (χ2v) is 7.14. The molecule has 0 aromatic heterocycles. The van der Waals surface area contributed by atoms with Crippen molar-refractivity contribution in [2.45, 2.75) is 45.1 Å². The third-order valence-electron chi connectivity index (χ3n) is 4.96. The summed E-state index contributed by atoms with van der Waals surface area (Å²) in [5.74, 6) is 0. The second-order valence-electron chi connectivity index (χ2n) is 7.14. The molecule has 0 spiro atoms. The topological polar surface area (TPSA) is 20.2 Å². The van der Waals surface area contributed by atoms with E-state index >= 15 is 0 Å². The van der Waals surface area contributed by atoms with Crippen LogP contribution in [0.4, 0.5) is 0 Å². The van der Waals surface area contributed by atoms with Gasteiger partial charge in [-0.25, -0.2) is 0 Å². The van der Waals surface area contributed by atoms with E-state index in [1.54, 1.807) is 0 Å². The van der Waals surface area contributed by atoms with Crippen LogP contribution in [0.2, 0.25) is 0 Å². The van der Waals surface area contributed by atoms with Crippen molar-refractivity contribution in [1.29, 1.82) is 0 Å². The molecule has 0 bridgehead atoms. The number of benzene rings is 2. The Morgan fingerprint density at radius 3 is 1.81 bits per heavy atom. The van der Waals surface area contributed by atoms with Gasteiger partial charge in [-0.3, -0.25) is 0 Å². The minimum Gasteiger partial charge on any atom is -0.385 e. The van der Waals surface area contributed by atoms with E-state index in [1.807, 2.05) is 6.07 Å². The lowest BCUT2D eigenvalue weighted by molar-refractivity contribution is -0.0305. The van der Waals surface area contributed by atoms with Crippen LogP contribution in [0.1, 0.15) is 45.1 Å². The number of hydrogen-bond acceptors (Lipinski definition) is 1. The highest BCUT2D eigenvalue weighted by Crippen LogP contribution is 2.45. The zero-order chi connectivity index (χ0) is 14.9. The Morgan fingerprint density at radius 2 is 1.24 bits per heavy atom. The van der Waals surface area contributed by atoms with Gasteiger partial charge in [0.1, 0.15) is 0 Å². The Labute approximate surface area is 127 Å². The molecule has 1 fully saturated rings. The van der Waals surface area contributed by atoms with E-state index < -0.39 is 5.60 Å². The van der Waals surface area contributed by atoms with Gasteiger partial charge in [-0.2, -0.15) is 0 Å². The van der Waals surface area contributed by atoms with Crippen LogP contribution < -0.4 is 0 Å². The van der Waals surface area contributed by atoms with Crippen molar-refractivity contribution in [3.63, 3.8) is 0 Å². The van der Waals surface area contributed by atoms with Crippen LogP contribution >= 0.6 is 0 Å². The van der Waals surface area contributed by atoms with Crippen molar-refractivity contribution in [1.82, 2.24) is 0 Å². The molecule has 0 aliphatic heterocycles. The molecule has 0 atom stereocenters. The summed E-state index contributed by atoms with van der Waals surface area (Å²) < 4.78 is 0. The van der Waals surface area contributed by atoms with Gasteiger partial charge in [0.2, 0.25) is 0 Å². The summed E-state index contributed by atoms with van der Waals surface area (Å²) >= 11 is 0. The fourth-order valence-electron chi connectivity index (χ4n) is 3.23. The summed E-state index contributed by atoms with van der Waals surface area (Å²) in [6, 6.07) is 18.8. The molecule has 0 unspecified atom stereocenters. The van der Waals surface area contributed by atoms with Gasteiger partial charge < -0.3 is 5.11 Å². The van der Waals surface area contributed by atoms with Crippen LogP contribution in [0.15, 0.2) is 54.6 Å². The predicted octanol–water partition coefficient (Wildman–Crippen LogP) is 5.14. The minimum atomic E-state index is -0.634. The van der Waals surface area contributed by atoms with Crippen molar-refractivity contribution in [2.75, 3.05) is 0 Å². The van der Waals surface area contributed by atoms with E-state index in [1.165, 1.54) is 11.1 Å². The SMILES string of the molecule is CC1(C)CCC(O)(c2ccc(-c3ccccc3)cc2)CC1. The van der Waals surface area contributed by atoms with E-state index in [0.29, 0.717) is 5.41 Å².